The molecule has 1 aliphatic rings. The lowest BCUT2D eigenvalue weighted by Gasteiger charge is -2.24. The molecule has 0 radical (unpaired) electrons. The fourth-order valence-electron chi connectivity index (χ4n) is 2.89. The van der Waals surface area contributed by atoms with Crippen LogP contribution in [-0.2, 0) is 4.74 Å². The van der Waals surface area contributed by atoms with Gasteiger partial charge in [-0.05, 0) is 45.2 Å². The third-order valence-electron chi connectivity index (χ3n) is 4.36. The molecule has 5 heteroatoms. The minimum absolute atomic E-state index is 0.622. The third kappa shape index (κ3) is 7.34. The van der Waals surface area contributed by atoms with Crippen LogP contribution in [0.2, 0.25) is 0 Å². The number of ether oxygens (including phenoxy) is 2. The molecule has 5 nitrogen and oxygen atoms in total. The molecule has 1 atom stereocenters. The molecule has 1 heterocycles. The number of aryl methyl sites for hydroxylation is 1. The zero-order valence-corrected chi connectivity index (χ0v) is 16.0. The number of rotatable bonds is 9. The fourth-order valence-corrected chi connectivity index (χ4v) is 2.89. The van der Waals surface area contributed by atoms with E-state index in [2.05, 4.69) is 43.2 Å². The molecule has 1 aromatic carbocycles. The third-order valence-corrected chi connectivity index (χ3v) is 4.36. The highest BCUT2D eigenvalue weighted by Gasteiger charge is 2.18. The van der Waals surface area contributed by atoms with Crippen LogP contribution >= 0.6 is 0 Å². The van der Waals surface area contributed by atoms with Crippen LogP contribution in [-0.4, -0.2) is 57.4 Å². The van der Waals surface area contributed by atoms with E-state index in [4.69, 9.17) is 14.5 Å². The van der Waals surface area contributed by atoms with Gasteiger partial charge in [0.2, 0.25) is 0 Å². The Labute approximate surface area is 152 Å². The lowest BCUT2D eigenvalue weighted by Crippen LogP contribution is -2.41. The van der Waals surface area contributed by atoms with Gasteiger partial charge >= 0.3 is 0 Å². The first kappa shape index (κ1) is 19.6. The highest BCUT2D eigenvalue weighted by Crippen LogP contribution is 2.13. The van der Waals surface area contributed by atoms with E-state index >= 15 is 0 Å². The Bertz CT molecular complexity index is 510. The summed E-state index contributed by atoms with van der Waals surface area (Å²) in [6.45, 7) is 9.42. The average molecular weight is 348 g/mol. The number of guanidine groups is 1. The maximum atomic E-state index is 5.76. The predicted molar refractivity (Wildman–Crippen MR) is 103 cm³/mol. The molecule has 1 N–H and O–H groups in total. The molecule has 0 bridgehead atoms. The van der Waals surface area contributed by atoms with Crippen molar-refractivity contribution >= 4 is 5.96 Å². The normalized spacial score (nSPS) is 17.6. The van der Waals surface area contributed by atoms with Crippen LogP contribution in [0.15, 0.2) is 29.3 Å². The maximum absolute atomic E-state index is 5.76. The van der Waals surface area contributed by atoms with Gasteiger partial charge in [-0.3, -0.25) is 4.99 Å². The Hall–Kier alpha value is -1.75. The second kappa shape index (κ2) is 11.0. The van der Waals surface area contributed by atoms with E-state index in [-0.39, 0.29) is 0 Å². The summed E-state index contributed by atoms with van der Waals surface area (Å²) in [7, 11) is 2.11. The van der Waals surface area contributed by atoms with Crippen molar-refractivity contribution in [1.82, 2.24) is 10.2 Å². The first-order valence-corrected chi connectivity index (χ1v) is 9.45. The molecule has 0 saturated carbocycles. The van der Waals surface area contributed by atoms with Crippen LogP contribution < -0.4 is 10.1 Å². The monoisotopic (exact) mass is 347 g/mol. The molecule has 1 aliphatic heterocycles. The quantitative estimate of drug-likeness (QED) is 0.424. The van der Waals surface area contributed by atoms with Crippen molar-refractivity contribution in [2.75, 3.05) is 46.5 Å². The van der Waals surface area contributed by atoms with Gasteiger partial charge in [-0.1, -0.05) is 17.7 Å². The number of nitrogens with zero attached hydrogens (tertiary/aromatic N) is 2. The van der Waals surface area contributed by atoms with Crippen molar-refractivity contribution in [1.29, 1.82) is 0 Å². The molecule has 2 rings (SSSR count). The second-order valence-corrected chi connectivity index (χ2v) is 6.71. The van der Waals surface area contributed by atoms with Gasteiger partial charge in [0.1, 0.15) is 5.75 Å². The van der Waals surface area contributed by atoms with E-state index in [0.717, 1.165) is 70.4 Å². The van der Waals surface area contributed by atoms with Gasteiger partial charge in [0.15, 0.2) is 5.96 Å². The first-order chi connectivity index (χ1) is 12.2. The highest BCUT2D eigenvalue weighted by atomic mass is 16.5. The van der Waals surface area contributed by atoms with E-state index in [1.165, 1.54) is 5.56 Å². The molecule has 1 fully saturated rings. The number of aliphatic imine (C=N–C) groups is 1. The van der Waals surface area contributed by atoms with Gasteiger partial charge in [-0.25, -0.2) is 0 Å². The first-order valence-electron chi connectivity index (χ1n) is 9.45. The topological polar surface area (TPSA) is 46.1 Å². The highest BCUT2D eigenvalue weighted by molar-refractivity contribution is 5.79. The summed E-state index contributed by atoms with van der Waals surface area (Å²) < 4.78 is 11.2. The number of benzene rings is 1. The fraction of sp³-hybridized carbons (Fsp3) is 0.650. The van der Waals surface area contributed by atoms with Crippen molar-refractivity contribution < 1.29 is 9.47 Å². The van der Waals surface area contributed by atoms with Crippen LogP contribution in [0.3, 0.4) is 0 Å². The van der Waals surface area contributed by atoms with Crippen molar-refractivity contribution in [2.24, 2.45) is 10.9 Å². The number of hydrogen-bond acceptors (Lipinski definition) is 3. The van der Waals surface area contributed by atoms with Gasteiger partial charge in [-0.15, -0.1) is 0 Å². The molecule has 25 heavy (non-hydrogen) atoms. The largest absolute Gasteiger partial charge is 0.494 e. The van der Waals surface area contributed by atoms with Gasteiger partial charge in [0.25, 0.3) is 0 Å². The SMILES string of the molecule is CCNC(=NCCCCOc1ccc(C)cc1)N(C)CC1CCOC1. The van der Waals surface area contributed by atoms with Crippen molar-refractivity contribution in [2.45, 2.75) is 33.1 Å². The van der Waals surface area contributed by atoms with Gasteiger partial charge < -0.3 is 19.7 Å². The van der Waals surface area contributed by atoms with Crippen molar-refractivity contribution in [3.63, 3.8) is 0 Å². The van der Waals surface area contributed by atoms with Crippen LogP contribution in [0.4, 0.5) is 0 Å². The predicted octanol–water partition coefficient (Wildman–Crippen LogP) is 3.09. The van der Waals surface area contributed by atoms with Crippen LogP contribution in [0.1, 0.15) is 31.7 Å². The minimum Gasteiger partial charge on any atom is -0.494 e. The summed E-state index contributed by atoms with van der Waals surface area (Å²) in [5.74, 6) is 2.56. The van der Waals surface area contributed by atoms with Crippen LogP contribution in [0.5, 0.6) is 5.75 Å². The molecule has 0 aliphatic carbocycles. The molecule has 0 amide bonds. The number of unbranched alkanes of at least 4 members (excludes halogenated alkanes) is 1. The average Bonchev–Trinajstić information content (AvgIpc) is 3.11. The summed E-state index contributed by atoms with van der Waals surface area (Å²) in [5, 5.41) is 3.38. The van der Waals surface area contributed by atoms with Gasteiger partial charge in [0.05, 0.1) is 13.2 Å². The van der Waals surface area contributed by atoms with Crippen LogP contribution in [0, 0.1) is 12.8 Å². The molecular weight excluding hydrogens is 314 g/mol. The van der Waals surface area contributed by atoms with Crippen molar-refractivity contribution in [3.05, 3.63) is 29.8 Å². The zero-order valence-electron chi connectivity index (χ0n) is 16.0. The summed E-state index contributed by atoms with van der Waals surface area (Å²) in [4.78, 5) is 6.97. The standard InChI is InChI=1S/C20H33N3O2/c1-4-21-20(23(3)15-18-11-14-24-16-18)22-12-5-6-13-25-19-9-7-17(2)8-10-19/h7-10,18H,4-6,11-16H2,1-3H3,(H,21,22). The van der Waals surface area contributed by atoms with E-state index in [1.807, 2.05) is 12.1 Å². The van der Waals surface area contributed by atoms with Crippen molar-refractivity contribution in [3.8, 4) is 5.75 Å². The summed E-state index contributed by atoms with van der Waals surface area (Å²) in [6.07, 6.45) is 3.19. The van der Waals surface area contributed by atoms with Gasteiger partial charge in [-0.2, -0.15) is 0 Å². The molecule has 1 saturated heterocycles. The Morgan fingerprint density at radius 2 is 2.12 bits per heavy atom. The number of hydrogen-bond donors (Lipinski definition) is 1. The Morgan fingerprint density at radius 3 is 2.80 bits per heavy atom. The molecule has 0 spiro atoms. The molecular formula is C20H33N3O2. The molecule has 0 aromatic heterocycles. The van der Waals surface area contributed by atoms with Crippen LogP contribution in [0.25, 0.3) is 0 Å². The second-order valence-electron chi connectivity index (χ2n) is 6.71. The summed E-state index contributed by atoms with van der Waals surface area (Å²) in [6, 6.07) is 8.21. The maximum Gasteiger partial charge on any atom is 0.193 e. The lowest BCUT2D eigenvalue weighted by molar-refractivity contribution is 0.181. The smallest absolute Gasteiger partial charge is 0.193 e. The lowest BCUT2D eigenvalue weighted by atomic mass is 10.1. The zero-order chi connectivity index (χ0) is 17.9. The summed E-state index contributed by atoms with van der Waals surface area (Å²) >= 11 is 0. The Balaban J connectivity index is 1.66. The summed E-state index contributed by atoms with van der Waals surface area (Å²) in [5.41, 5.74) is 1.26. The molecule has 140 valence electrons. The molecule has 1 aromatic rings. The molecule has 1 unspecified atom stereocenters. The number of nitrogens with one attached hydrogen (secondary N) is 1. The Kier molecular flexibility index (Phi) is 8.60. The Morgan fingerprint density at radius 1 is 1.32 bits per heavy atom. The van der Waals surface area contributed by atoms with Gasteiger partial charge in [0, 0.05) is 39.2 Å². The van der Waals surface area contributed by atoms with E-state index in [1.54, 1.807) is 0 Å². The van der Waals surface area contributed by atoms with E-state index in [0.29, 0.717) is 5.92 Å². The van der Waals surface area contributed by atoms with E-state index in [9.17, 15) is 0 Å². The minimum atomic E-state index is 0.622. The van der Waals surface area contributed by atoms with E-state index < -0.39 is 0 Å².